The second kappa shape index (κ2) is 6.06. The van der Waals surface area contributed by atoms with E-state index in [2.05, 4.69) is 10.8 Å². The molecule has 0 saturated heterocycles. The maximum Gasteiger partial charge on any atom is 0.325 e. The van der Waals surface area contributed by atoms with E-state index in [4.69, 9.17) is 0 Å². The summed E-state index contributed by atoms with van der Waals surface area (Å²) in [6, 6.07) is 2.19. The van der Waals surface area contributed by atoms with E-state index < -0.39 is 5.97 Å². The largest absolute Gasteiger partial charge is 0.468 e. The van der Waals surface area contributed by atoms with Gasteiger partial charge in [-0.2, -0.15) is 5.26 Å². The summed E-state index contributed by atoms with van der Waals surface area (Å²) < 4.78 is 4.62. The molecule has 0 atom stereocenters. The zero-order chi connectivity index (χ0) is 14.7. The molecule has 1 amide bonds. The lowest BCUT2D eigenvalue weighted by molar-refractivity contribution is -0.139. The predicted octanol–water partition coefficient (Wildman–Crippen LogP) is 2.02. The molecule has 5 nitrogen and oxygen atoms in total. The molecule has 106 valence electrons. The molecule has 1 aromatic rings. The fourth-order valence-corrected chi connectivity index (χ4v) is 3.76. The van der Waals surface area contributed by atoms with Gasteiger partial charge in [0.05, 0.1) is 12.7 Å². The third-order valence-corrected chi connectivity index (χ3v) is 4.72. The standard InChI is InChI=1S/C14H16N2O3S/c1-9(17)16(8-13(18)19-2)14-11(7-15)10-5-3-4-6-12(10)20-14/h3-6,8H2,1-2H3. The summed E-state index contributed by atoms with van der Waals surface area (Å²) in [5.41, 5.74) is 1.60. The van der Waals surface area contributed by atoms with Crippen LogP contribution in [0.15, 0.2) is 0 Å². The highest BCUT2D eigenvalue weighted by atomic mass is 32.1. The molecule has 1 heterocycles. The summed E-state index contributed by atoms with van der Waals surface area (Å²) in [5.74, 6) is -0.749. The average molecular weight is 292 g/mol. The first-order valence-electron chi connectivity index (χ1n) is 6.48. The van der Waals surface area contributed by atoms with Crippen LogP contribution < -0.4 is 4.90 Å². The average Bonchev–Trinajstić information content (AvgIpc) is 2.81. The van der Waals surface area contributed by atoms with Crippen molar-refractivity contribution in [2.75, 3.05) is 18.6 Å². The number of carbonyl (C=O) groups is 2. The van der Waals surface area contributed by atoms with E-state index in [1.807, 2.05) is 0 Å². The van der Waals surface area contributed by atoms with Gasteiger partial charge in [0, 0.05) is 11.8 Å². The fraction of sp³-hybridized carbons (Fsp3) is 0.500. The third kappa shape index (κ3) is 2.68. The van der Waals surface area contributed by atoms with Crippen LogP contribution in [0.1, 0.15) is 35.8 Å². The summed E-state index contributed by atoms with van der Waals surface area (Å²) in [6.45, 7) is 1.24. The van der Waals surface area contributed by atoms with Crippen LogP contribution in [-0.2, 0) is 27.2 Å². The van der Waals surface area contributed by atoms with Crippen LogP contribution in [-0.4, -0.2) is 25.5 Å². The molecule has 0 fully saturated rings. The van der Waals surface area contributed by atoms with Crippen molar-refractivity contribution in [2.24, 2.45) is 0 Å². The minimum atomic E-state index is -0.490. The van der Waals surface area contributed by atoms with Gasteiger partial charge < -0.3 is 4.74 Å². The summed E-state index contributed by atoms with van der Waals surface area (Å²) in [5, 5.41) is 9.97. The quantitative estimate of drug-likeness (QED) is 0.799. The van der Waals surface area contributed by atoms with E-state index in [1.54, 1.807) is 0 Å². The van der Waals surface area contributed by atoms with Gasteiger partial charge in [0.2, 0.25) is 5.91 Å². The van der Waals surface area contributed by atoms with Gasteiger partial charge in [0.15, 0.2) is 0 Å². The lowest BCUT2D eigenvalue weighted by atomic mass is 9.96. The number of rotatable bonds is 3. The Bertz CT molecular complexity index is 586. The zero-order valence-corrected chi connectivity index (χ0v) is 12.4. The molecule has 0 aliphatic heterocycles. The highest BCUT2D eigenvalue weighted by Crippen LogP contribution is 2.39. The van der Waals surface area contributed by atoms with Crippen molar-refractivity contribution in [3.05, 3.63) is 16.0 Å². The number of carbonyl (C=O) groups excluding carboxylic acids is 2. The van der Waals surface area contributed by atoms with Crippen molar-refractivity contribution in [3.63, 3.8) is 0 Å². The number of hydrogen-bond donors (Lipinski definition) is 0. The normalized spacial score (nSPS) is 13.2. The number of fused-ring (bicyclic) bond motifs is 1. The lowest BCUT2D eigenvalue weighted by Crippen LogP contribution is -2.34. The third-order valence-electron chi connectivity index (χ3n) is 3.40. The second-order valence-corrected chi connectivity index (χ2v) is 5.77. The number of ether oxygens (including phenoxy) is 1. The summed E-state index contributed by atoms with van der Waals surface area (Å²) in [4.78, 5) is 25.7. The van der Waals surface area contributed by atoms with Gasteiger partial charge in [-0.05, 0) is 31.2 Å². The van der Waals surface area contributed by atoms with Crippen molar-refractivity contribution in [1.82, 2.24) is 0 Å². The first kappa shape index (κ1) is 14.5. The Morgan fingerprint density at radius 1 is 1.40 bits per heavy atom. The second-order valence-electron chi connectivity index (χ2n) is 4.68. The summed E-state index contributed by atoms with van der Waals surface area (Å²) >= 11 is 1.45. The number of nitriles is 1. The van der Waals surface area contributed by atoms with E-state index in [0.717, 1.165) is 31.2 Å². The van der Waals surface area contributed by atoms with Crippen LogP contribution in [0.5, 0.6) is 0 Å². The van der Waals surface area contributed by atoms with Crippen molar-refractivity contribution >= 4 is 28.2 Å². The van der Waals surface area contributed by atoms with Gasteiger partial charge in [-0.1, -0.05) is 0 Å². The highest BCUT2D eigenvalue weighted by Gasteiger charge is 2.27. The number of aryl methyl sites for hydroxylation is 1. The molecular weight excluding hydrogens is 276 g/mol. The molecule has 0 N–H and O–H groups in total. The molecule has 1 aliphatic carbocycles. The van der Waals surface area contributed by atoms with Crippen LogP contribution in [0, 0.1) is 11.3 Å². The van der Waals surface area contributed by atoms with Crippen LogP contribution in [0.4, 0.5) is 5.00 Å². The maximum atomic E-state index is 11.8. The monoisotopic (exact) mass is 292 g/mol. The molecule has 1 aromatic heterocycles. The zero-order valence-electron chi connectivity index (χ0n) is 11.6. The molecule has 20 heavy (non-hydrogen) atoms. The summed E-state index contributed by atoms with van der Waals surface area (Å²) in [7, 11) is 1.28. The predicted molar refractivity (Wildman–Crippen MR) is 75.7 cm³/mol. The van der Waals surface area contributed by atoms with Gasteiger partial charge in [-0.15, -0.1) is 11.3 Å². The maximum absolute atomic E-state index is 11.8. The van der Waals surface area contributed by atoms with Gasteiger partial charge >= 0.3 is 5.97 Å². The van der Waals surface area contributed by atoms with Crippen LogP contribution in [0.2, 0.25) is 0 Å². The topological polar surface area (TPSA) is 70.4 Å². The number of anilines is 1. The number of hydrogen-bond acceptors (Lipinski definition) is 5. The van der Waals surface area contributed by atoms with Crippen molar-refractivity contribution in [1.29, 1.82) is 5.26 Å². The lowest BCUT2D eigenvalue weighted by Gasteiger charge is -2.18. The Balaban J connectivity index is 2.43. The minimum absolute atomic E-state index is 0.153. The Morgan fingerprint density at radius 3 is 2.70 bits per heavy atom. The van der Waals surface area contributed by atoms with E-state index >= 15 is 0 Å². The Hall–Kier alpha value is -1.87. The molecule has 2 rings (SSSR count). The van der Waals surface area contributed by atoms with E-state index in [0.29, 0.717) is 10.6 Å². The van der Waals surface area contributed by atoms with Gasteiger partial charge in [0.25, 0.3) is 0 Å². The van der Waals surface area contributed by atoms with E-state index in [-0.39, 0.29) is 12.5 Å². The first-order chi connectivity index (χ1) is 9.58. The van der Waals surface area contributed by atoms with Gasteiger partial charge in [-0.25, -0.2) is 0 Å². The molecule has 0 aromatic carbocycles. The van der Waals surface area contributed by atoms with Crippen LogP contribution in [0.3, 0.4) is 0 Å². The Labute approximate surface area is 121 Å². The molecule has 1 aliphatic rings. The van der Waals surface area contributed by atoms with Crippen LogP contribution >= 0.6 is 11.3 Å². The van der Waals surface area contributed by atoms with Gasteiger partial charge in [-0.3, -0.25) is 14.5 Å². The highest BCUT2D eigenvalue weighted by molar-refractivity contribution is 7.16. The van der Waals surface area contributed by atoms with Crippen LogP contribution in [0.25, 0.3) is 0 Å². The molecule has 0 bridgehead atoms. The van der Waals surface area contributed by atoms with Crippen molar-refractivity contribution in [2.45, 2.75) is 32.6 Å². The molecule has 6 heteroatoms. The van der Waals surface area contributed by atoms with Gasteiger partial charge in [0.1, 0.15) is 17.6 Å². The number of esters is 1. The molecule has 0 radical (unpaired) electrons. The summed E-state index contributed by atoms with van der Waals surface area (Å²) in [6.07, 6.45) is 3.99. The minimum Gasteiger partial charge on any atom is -0.468 e. The molecule has 0 saturated carbocycles. The van der Waals surface area contributed by atoms with Crippen molar-refractivity contribution < 1.29 is 14.3 Å². The SMILES string of the molecule is COC(=O)CN(C(C)=O)c1sc2c(c1C#N)CCCC2. The smallest absolute Gasteiger partial charge is 0.325 e. The van der Waals surface area contributed by atoms with E-state index in [9.17, 15) is 14.9 Å². The number of methoxy groups -OCH3 is 1. The Kier molecular flexibility index (Phi) is 4.40. The number of amides is 1. The number of nitrogens with zero attached hydrogens (tertiary/aromatic N) is 2. The molecular formula is C14H16N2O3S. The number of thiophene rings is 1. The van der Waals surface area contributed by atoms with E-state index in [1.165, 1.54) is 35.1 Å². The Morgan fingerprint density at radius 2 is 2.10 bits per heavy atom. The fourth-order valence-electron chi connectivity index (χ4n) is 2.38. The molecule has 0 spiro atoms. The molecule has 0 unspecified atom stereocenters. The van der Waals surface area contributed by atoms with Crippen molar-refractivity contribution in [3.8, 4) is 6.07 Å². The first-order valence-corrected chi connectivity index (χ1v) is 7.29.